The Labute approximate surface area is 130 Å². The van der Waals surface area contributed by atoms with Gasteiger partial charge in [0.15, 0.2) is 0 Å². The van der Waals surface area contributed by atoms with Crippen LogP contribution in [0.1, 0.15) is 53.5 Å². The average molecular weight is 289 g/mol. The zero-order valence-corrected chi connectivity index (χ0v) is 14.4. The lowest BCUT2D eigenvalue weighted by atomic mass is 9.83. The maximum Gasteiger partial charge on any atom is 0.330 e. The van der Waals surface area contributed by atoms with Crippen molar-refractivity contribution >= 4 is 31.1 Å². The van der Waals surface area contributed by atoms with Crippen LogP contribution < -0.4 is 5.46 Å². The van der Waals surface area contributed by atoms with Crippen LogP contribution in [0.3, 0.4) is 0 Å². The monoisotopic (exact) mass is 289 g/mol. The van der Waals surface area contributed by atoms with Crippen molar-refractivity contribution in [1.29, 1.82) is 0 Å². The Morgan fingerprint density at radius 2 is 1.95 bits per heavy atom. The first kappa shape index (κ1) is 17.4. The van der Waals surface area contributed by atoms with Gasteiger partial charge in [-0.3, -0.25) is 0 Å². The molecule has 0 N–H and O–H groups in total. The van der Waals surface area contributed by atoms with E-state index in [1.165, 1.54) is 11.1 Å². The summed E-state index contributed by atoms with van der Waals surface area (Å²) in [4.78, 5) is 0. The summed E-state index contributed by atoms with van der Waals surface area (Å²) in [5.74, 6) is 0. The molecule has 1 nitrogen and oxygen atoms in total. The number of allylic oxidation sites excluding steroid dienone is 2. The summed E-state index contributed by atoms with van der Waals surface area (Å²) in [6.45, 7) is 12.5. The number of hydrogen-bond donors (Lipinski definition) is 1. The summed E-state index contributed by atoms with van der Waals surface area (Å²) in [6.07, 6.45) is 3.29. The molecule has 1 radical (unpaired) electrons. The van der Waals surface area contributed by atoms with Gasteiger partial charge in [-0.15, -0.1) is 0 Å². The third-order valence-corrected chi connectivity index (χ3v) is 4.35. The summed E-state index contributed by atoms with van der Waals surface area (Å²) in [7, 11) is 1.83. The van der Waals surface area contributed by atoms with E-state index in [1.54, 1.807) is 0 Å². The SMILES string of the molecule is CCC=C(C)c1cccc([B]OC(C)(C)C(C)(C)S)c1. The molecule has 0 atom stereocenters. The molecule has 20 heavy (non-hydrogen) atoms. The van der Waals surface area contributed by atoms with E-state index in [9.17, 15) is 0 Å². The third-order valence-electron chi connectivity index (χ3n) is 3.82. The van der Waals surface area contributed by atoms with Crippen molar-refractivity contribution in [3.8, 4) is 0 Å². The molecule has 0 aliphatic carbocycles. The molecule has 0 spiro atoms. The summed E-state index contributed by atoms with van der Waals surface area (Å²) >= 11 is 4.61. The van der Waals surface area contributed by atoms with Crippen LogP contribution >= 0.6 is 12.6 Å². The van der Waals surface area contributed by atoms with Gasteiger partial charge in [0.25, 0.3) is 0 Å². The zero-order chi connectivity index (χ0) is 15.4. The largest absolute Gasteiger partial charge is 0.428 e. The molecular formula is C17H26BOS. The molecule has 0 saturated carbocycles. The van der Waals surface area contributed by atoms with E-state index < -0.39 is 0 Å². The highest BCUT2D eigenvalue weighted by atomic mass is 32.1. The van der Waals surface area contributed by atoms with Gasteiger partial charge in [-0.2, -0.15) is 12.6 Å². The van der Waals surface area contributed by atoms with Crippen LogP contribution in [-0.2, 0) is 4.65 Å². The van der Waals surface area contributed by atoms with Gasteiger partial charge >= 0.3 is 7.48 Å². The Kier molecular flexibility index (Phi) is 5.97. The highest BCUT2D eigenvalue weighted by Crippen LogP contribution is 2.30. The molecule has 0 saturated heterocycles. The number of benzene rings is 1. The normalized spacial score (nSPS) is 13.4. The van der Waals surface area contributed by atoms with Crippen molar-refractivity contribution in [1.82, 2.24) is 0 Å². The van der Waals surface area contributed by atoms with E-state index in [1.807, 2.05) is 7.48 Å². The molecule has 1 aromatic rings. The molecule has 109 valence electrons. The smallest absolute Gasteiger partial charge is 0.330 e. The van der Waals surface area contributed by atoms with Gasteiger partial charge in [0.2, 0.25) is 0 Å². The molecule has 3 heteroatoms. The Morgan fingerprint density at radius 1 is 1.30 bits per heavy atom. The van der Waals surface area contributed by atoms with Crippen molar-refractivity contribution in [3.05, 3.63) is 35.9 Å². The predicted molar refractivity (Wildman–Crippen MR) is 94.0 cm³/mol. The number of hydrogen-bond acceptors (Lipinski definition) is 2. The van der Waals surface area contributed by atoms with Crippen LogP contribution in [0.25, 0.3) is 5.57 Å². The van der Waals surface area contributed by atoms with Crippen molar-refractivity contribution in [3.63, 3.8) is 0 Å². The summed E-state index contributed by atoms with van der Waals surface area (Å²) in [5, 5.41) is 0. The average Bonchev–Trinajstić information content (AvgIpc) is 2.36. The minimum atomic E-state index is -0.333. The fraction of sp³-hybridized carbons (Fsp3) is 0.529. The quantitative estimate of drug-likeness (QED) is 0.608. The minimum Gasteiger partial charge on any atom is -0.428 e. The lowest BCUT2D eigenvalue weighted by molar-refractivity contribution is 0.0854. The Morgan fingerprint density at radius 3 is 2.50 bits per heavy atom. The van der Waals surface area contributed by atoms with E-state index in [4.69, 9.17) is 4.65 Å². The molecule has 0 aliphatic heterocycles. The first-order chi connectivity index (χ1) is 9.17. The van der Waals surface area contributed by atoms with Crippen LogP contribution in [0.2, 0.25) is 0 Å². The van der Waals surface area contributed by atoms with Gasteiger partial charge in [-0.1, -0.05) is 42.7 Å². The first-order valence-electron chi connectivity index (χ1n) is 7.18. The van der Waals surface area contributed by atoms with Gasteiger partial charge in [-0.05, 0) is 52.2 Å². The van der Waals surface area contributed by atoms with Gasteiger partial charge in [0.1, 0.15) is 0 Å². The van der Waals surface area contributed by atoms with E-state index in [2.05, 4.69) is 84.5 Å². The molecular weight excluding hydrogens is 263 g/mol. The topological polar surface area (TPSA) is 9.23 Å². The molecule has 0 bridgehead atoms. The second kappa shape index (κ2) is 6.86. The van der Waals surface area contributed by atoms with Crippen molar-refractivity contribution in [2.75, 3.05) is 0 Å². The van der Waals surface area contributed by atoms with Gasteiger partial charge < -0.3 is 4.65 Å². The third kappa shape index (κ3) is 4.71. The highest BCUT2D eigenvalue weighted by Gasteiger charge is 2.34. The Balaban J connectivity index is 2.80. The first-order valence-corrected chi connectivity index (χ1v) is 7.62. The lowest BCUT2D eigenvalue weighted by Crippen LogP contribution is -2.45. The molecule has 0 unspecified atom stereocenters. The van der Waals surface area contributed by atoms with Crippen molar-refractivity contribution < 1.29 is 4.65 Å². The van der Waals surface area contributed by atoms with Gasteiger partial charge in [0, 0.05) is 4.75 Å². The highest BCUT2D eigenvalue weighted by molar-refractivity contribution is 7.81. The Bertz CT molecular complexity index is 472. The minimum absolute atomic E-state index is 0.209. The van der Waals surface area contributed by atoms with Crippen LogP contribution in [-0.4, -0.2) is 17.8 Å². The fourth-order valence-electron chi connectivity index (χ4n) is 1.64. The van der Waals surface area contributed by atoms with Crippen molar-refractivity contribution in [2.45, 2.75) is 58.3 Å². The van der Waals surface area contributed by atoms with Crippen LogP contribution in [0, 0.1) is 0 Å². The van der Waals surface area contributed by atoms with E-state index in [-0.39, 0.29) is 10.3 Å². The lowest BCUT2D eigenvalue weighted by Gasteiger charge is -2.38. The second-order valence-corrected chi connectivity index (χ2v) is 7.34. The van der Waals surface area contributed by atoms with Crippen LogP contribution in [0.5, 0.6) is 0 Å². The van der Waals surface area contributed by atoms with Crippen LogP contribution in [0.15, 0.2) is 30.3 Å². The standard InChI is InChI=1S/C17H26BOS/c1-7-9-13(2)14-10-8-11-15(12-14)18-19-16(3,4)17(5,6)20/h8-12,20H,7H2,1-6H3. The number of thiol groups is 1. The molecule has 0 fully saturated rings. The second-order valence-electron chi connectivity index (χ2n) is 6.23. The van der Waals surface area contributed by atoms with Crippen molar-refractivity contribution in [2.24, 2.45) is 0 Å². The van der Waals surface area contributed by atoms with Crippen LogP contribution in [0.4, 0.5) is 0 Å². The summed E-state index contributed by atoms with van der Waals surface area (Å²) in [6, 6.07) is 8.41. The molecule has 0 amide bonds. The van der Waals surface area contributed by atoms with Gasteiger partial charge in [0.05, 0.1) is 5.60 Å². The molecule has 0 aliphatic rings. The van der Waals surface area contributed by atoms with E-state index in [0.717, 1.165) is 11.9 Å². The number of rotatable bonds is 6. The summed E-state index contributed by atoms with van der Waals surface area (Å²) < 4.78 is 5.74. The predicted octanol–water partition coefficient (Wildman–Crippen LogP) is 4.25. The van der Waals surface area contributed by atoms with Gasteiger partial charge in [-0.25, -0.2) is 0 Å². The van der Waals surface area contributed by atoms with E-state index in [0.29, 0.717) is 0 Å². The molecule has 1 aromatic carbocycles. The summed E-state index contributed by atoms with van der Waals surface area (Å²) in [5.41, 5.74) is 3.29. The molecule has 1 rings (SSSR count). The fourth-order valence-corrected chi connectivity index (χ4v) is 1.69. The maximum absolute atomic E-state index is 5.95. The maximum atomic E-state index is 5.95. The Hall–Kier alpha value is -0.665. The zero-order valence-electron chi connectivity index (χ0n) is 13.5. The van der Waals surface area contributed by atoms with E-state index >= 15 is 0 Å². The molecule has 0 heterocycles. The molecule has 0 aromatic heterocycles.